The van der Waals surface area contributed by atoms with E-state index in [1.165, 1.54) is 16.6 Å². The zero-order valence-electron chi connectivity index (χ0n) is 9.54. The number of H-pyrrole nitrogens is 1. The zero-order valence-corrected chi connectivity index (χ0v) is 9.54. The lowest BCUT2D eigenvalue weighted by atomic mass is 10.1. The maximum absolute atomic E-state index is 8.73. The molecular formula is C13H15N3. The summed E-state index contributed by atoms with van der Waals surface area (Å²) in [5, 5.41) is 13.1. The lowest BCUT2D eigenvalue weighted by Gasteiger charge is -2.06. The Hall–Kier alpha value is -1.79. The Morgan fingerprint density at radius 2 is 2.19 bits per heavy atom. The van der Waals surface area contributed by atoms with Gasteiger partial charge in [-0.2, -0.15) is 5.26 Å². The van der Waals surface area contributed by atoms with Crippen LogP contribution in [-0.2, 0) is 6.54 Å². The van der Waals surface area contributed by atoms with Crippen LogP contribution in [0.2, 0.25) is 0 Å². The standard InChI is InChI=1S/C13H15N3/c1-9(7-14)15-8-12-10(2)16-13-6-4-3-5-11(12)13/h3-6,9,15-16H,8H2,1-2H3. The molecule has 1 aromatic heterocycles. The van der Waals surface area contributed by atoms with E-state index in [2.05, 4.69) is 35.4 Å². The maximum Gasteiger partial charge on any atom is 0.0927 e. The van der Waals surface area contributed by atoms with Crippen molar-refractivity contribution in [2.45, 2.75) is 26.4 Å². The molecule has 0 bridgehead atoms. The van der Waals surface area contributed by atoms with E-state index in [9.17, 15) is 0 Å². The fourth-order valence-electron chi connectivity index (χ4n) is 1.86. The third kappa shape index (κ3) is 1.93. The van der Waals surface area contributed by atoms with E-state index in [1.807, 2.05) is 19.1 Å². The molecule has 0 radical (unpaired) electrons. The maximum atomic E-state index is 8.73. The summed E-state index contributed by atoms with van der Waals surface area (Å²) in [6.45, 7) is 4.66. The first-order chi connectivity index (χ1) is 7.72. The van der Waals surface area contributed by atoms with Gasteiger partial charge >= 0.3 is 0 Å². The van der Waals surface area contributed by atoms with Gasteiger partial charge in [0.15, 0.2) is 0 Å². The van der Waals surface area contributed by atoms with Gasteiger partial charge in [0.1, 0.15) is 0 Å². The summed E-state index contributed by atoms with van der Waals surface area (Å²) in [6.07, 6.45) is 0. The lowest BCUT2D eigenvalue weighted by molar-refractivity contribution is 0.642. The largest absolute Gasteiger partial charge is 0.358 e. The number of nitriles is 1. The predicted molar refractivity (Wildman–Crippen MR) is 65.0 cm³/mol. The Morgan fingerprint density at radius 3 is 2.94 bits per heavy atom. The van der Waals surface area contributed by atoms with Crippen LogP contribution in [0, 0.1) is 18.3 Å². The van der Waals surface area contributed by atoms with Gasteiger partial charge in [-0.1, -0.05) is 18.2 Å². The van der Waals surface area contributed by atoms with Crippen LogP contribution >= 0.6 is 0 Å². The first-order valence-corrected chi connectivity index (χ1v) is 5.41. The van der Waals surface area contributed by atoms with E-state index in [0.717, 1.165) is 12.1 Å². The highest BCUT2D eigenvalue weighted by Crippen LogP contribution is 2.21. The van der Waals surface area contributed by atoms with Crippen LogP contribution in [0.3, 0.4) is 0 Å². The third-order valence-corrected chi connectivity index (χ3v) is 2.81. The van der Waals surface area contributed by atoms with Crippen LogP contribution in [0.5, 0.6) is 0 Å². The second-order valence-corrected chi connectivity index (χ2v) is 4.01. The highest BCUT2D eigenvalue weighted by Gasteiger charge is 2.08. The first kappa shape index (κ1) is 10.7. The highest BCUT2D eigenvalue weighted by atomic mass is 14.9. The smallest absolute Gasteiger partial charge is 0.0927 e. The van der Waals surface area contributed by atoms with E-state index >= 15 is 0 Å². The molecule has 2 N–H and O–H groups in total. The van der Waals surface area contributed by atoms with Gasteiger partial charge in [-0.15, -0.1) is 0 Å². The molecule has 1 heterocycles. The van der Waals surface area contributed by atoms with Gasteiger partial charge in [-0.3, -0.25) is 5.32 Å². The van der Waals surface area contributed by atoms with Crippen molar-refractivity contribution in [3.05, 3.63) is 35.5 Å². The molecule has 1 atom stereocenters. The van der Waals surface area contributed by atoms with Crippen molar-refractivity contribution in [3.8, 4) is 6.07 Å². The molecule has 1 aromatic carbocycles. The molecule has 3 nitrogen and oxygen atoms in total. The van der Waals surface area contributed by atoms with Gasteiger partial charge in [-0.05, 0) is 25.5 Å². The number of aromatic amines is 1. The van der Waals surface area contributed by atoms with Crippen LogP contribution in [0.1, 0.15) is 18.2 Å². The van der Waals surface area contributed by atoms with Gasteiger partial charge in [-0.25, -0.2) is 0 Å². The molecule has 0 aliphatic rings. The molecule has 3 heteroatoms. The molecule has 0 aliphatic carbocycles. The van der Waals surface area contributed by atoms with Crippen LogP contribution in [-0.4, -0.2) is 11.0 Å². The van der Waals surface area contributed by atoms with Gasteiger partial charge in [0.05, 0.1) is 12.1 Å². The number of hydrogen-bond donors (Lipinski definition) is 2. The molecule has 0 aliphatic heterocycles. The molecule has 2 rings (SSSR count). The fraction of sp³-hybridized carbons (Fsp3) is 0.308. The van der Waals surface area contributed by atoms with Gasteiger partial charge in [0.25, 0.3) is 0 Å². The minimum atomic E-state index is -0.118. The number of aryl methyl sites for hydroxylation is 1. The molecular weight excluding hydrogens is 198 g/mol. The molecule has 2 aromatic rings. The van der Waals surface area contributed by atoms with Crippen LogP contribution in [0.4, 0.5) is 0 Å². The normalized spacial score (nSPS) is 12.6. The molecule has 0 amide bonds. The van der Waals surface area contributed by atoms with Crippen molar-refractivity contribution in [3.63, 3.8) is 0 Å². The van der Waals surface area contributed by atoms with Crippen molar-refractivity contribution in [2.75, 3.05) is 0 Å². The molecule has 0 saturated heterocycles. The second kappa shape index (κ2) is 4.38. The fourth-order valence-corrected chi connectivity index (χ4v) is 1.86. The molecule has 82 valence electrons. The van der Waals surface area contributed by atoms with Gasteiger partial charge in [0, 0.05) is 23.1 Å². The van der Waals surface area contributed by atoms with E-state index in [4.69, 9.17) is 5.26 Å². The number of rotatable bonds is 3. The zero-order chi connectivity index (χ0) is 11.5. The number of nitrogens with zero attached hydrogens (tertiary/aromatic N) is 1. The second-order valence-electron chi connectivity index (χ2n) is 4.01. The summed E-state index contributed by atoms with van der Waals surface area (Å²) in [5.74, 6) is 0. The molecule has 0 spiro atoms. The summed E-state index contributed by atoms with van der Waals surface area (Å²) in [7, 11) is 0. The van der Waals surface area contributed by atoms with Crippen molar-refractivity contribution in [2.24, 2.45) is 0 Å². The minimum absolute atomic E-state index is 0.118. The molecule has 0 fully saturated rings. The number of fused-ring (bicyclic) bond motifs is 1. The number of nitrogens with one attached hydrogen (secondary N) is 2. The Bertz CT molecular complexity index is 534. The van der Waals surface area contributed by atoms with E-state index in [1.54, 1.807) is 0 Å². The third-order valence-electron chi connectivity index (χ3n) is 2.81. The van der Waals surface area contributed by atoms with Crippen molar-refractivity contribution in [1.29, 1.82) is 5.26 Å². The minimum Gasteiger partial charge on any atom is -0.358 e. The number of benzene rings is 1. The summed E-state index contributed by atoms with van der Waals surface area (Å²) in [5.41, 5.74) is 3.57. The van der Waals surface area contributed by atoms with Crippen molar-refractivity contribution < 1.29 is 0 Å². The summed E-state index contributed by atoms with van der Waals surface area (Å²) < 4.78 is 0. The van der Waals surface area contributed by atoms with Crippen LogP contribution < -0.4 is 5.32 Å². The summed E-state index contributed by atoms with van der Waals surface area (Å²) in [4.78, 5) is 3.35. The predicted octanol–water partition coefficient (Wildman–Crippen LogP) is 2.48. The van der Waals surface area contributed by atoms with Crippen molar-refractivity contribution in [1.82, 2.24) is 10.3 Å². The molecule has 0 saturated carbocycles. The number of para-hydroxylation sites is 1. The monoisotopic (exact) mass is 213 g/mol. The van der Waals surface area contributed by atoms with Crippen LogP contribution in [0.15, 0.2) is 24.3 Å². The average molecular weight is 213 g/mol. The number of aromatic nitrogens is 1. The van der Waals surface area contributed by atoms with Crippen molar-refractivity contribution >= 4 is 10.9 Å². The molecule has 1 unspecified atom stereocenters. The van der Waals surface area contributed by atoms with E-state index in [0.29, 0.717) is 0 Å². The topological polar surface area (TPSA) is 51.6 Å². The first-order valence-electron chi connectivity index (χ1n) is 5.41. The Labute approximate surface area is 95.1 Å². The van der Waals surface area contributed by atoms with Gasteiger partial charge in [0.2, 0.25) is 0 Å². The summed E-state index contributed by atoms with van der Waals surface area (Å²) in [6, 6.07) is 10.3. The average Bonchev–Trinajstić information content (AvgIpc) is 2.62. The van der Waals surface area contributed by atoms with E-state index < -0.39 is 0 Å². The number of hydrogen-bond acceptors (Lipinski definition) is 2. The Balaban J connectivity index is 2.30. The highest BCUT2D eigenvalue weighted by molar-refractivity contribution is 5.84. The van der Waals surface area contributed by atoms with Crippen LogP contribution in [0.25, 0.3) is 10.9 Å². The molecule has 16 heavy (non-hydrogen) atoms. The lowest BCUT2D eigenvalue weighted by Crippen LogP contribution is -2.23. The Morgan fingerprint density at radius 1 is 1.44 bits per heavy atom. The van der Waals surface area contributed by atoms with Gasteiger partial charge < -0.3 is 4.98 Å². The summed E-state index contributed by atoms with van der Waals surface area (Å²) >= 11 is 0. The Kier molecular flexibility index (Phi) is 2.93. The quantitative estimate of drug-likeness (QED) is 0.823. The van der Waals surface area contributed by atoms with E-state index in [-0.39, 0.29) is 6.04 Å². The SMILES string of the molecule is Cc1[nH]c2ccccc2c1CNC(C)C#N.